The van der Waals surface area contributed by atoms with Crippen molar-refractivity contribution >= 4 is 6.08 Å². The van der Waals surface area contributed by atoms with Crippen LogP contribution in [0.25, 0.3) is 6.08 Å². The molecule has 0 heterocycles. The number of benzene rings is 1. The Morgan fingerprint density at radius 2 is 1.89 bits per heavy atom. The van der Waals surface area contributed by atoms with E-state index < -0.39 is 0 Å². The van der Waals surface area contributed by atoms with Crippen molar-refractivity contribution < 1.29 is 5.11 Å². The molecule has 0 bridgehead atoms. The Hall–Kier alpha value is -1.63. The van der Waals surface area contributed by atoms with E-state index in [1.165, 1.54) is 0 Å². The van der Waals surface area contributed by atoms with Crippen molar-refractivity contribution in [3.05, 3.63) is 41.5 Å². The van der Waals surface area contributed by atoms with Gasteiger partial charge in [-0.2, -0.15) is 5.26 Å². The summed E-state index contributed by atoms with van der Waals surface area (Å²) in [6, 6.07) is 10.0. The fourth-order valence-electron chi connectivity index (χ4n) is 1.83. The molecule has 0 aliphatic heterocycles. The molecule has 0 aliphatic rings. The molecule has 19 heavy (non-hydrogen) atoms. The van der Waals surface area contributed by atoms with Crippen LogP contribution in [0.1, 0.15) is 31.9 Å². The molecule has 1 rings (SSSR count). The van der Waals surface area contributed by atoms with Crippen LogP contribution in [0.3, 0.4) is 0 Å². The van der Waals surface area contributed by atoms with E-state index in [-0.39, 0.29) is 6.10 Å². The number of aliphatic hydroxyl groups is 1. The highest BCUT2D eigenvalue weighted by Gasteiger charge is 2.09. The van der Waals surface area contributed by atoms with Crippen molar-refractivity contribution in [2.24, 2.45) is 0 Å². The maximum atomic E-state index is 9.45. The third-order valence-electron chi connectivity index (χ3n) is 2.92. The van der Waals surface area contributed by atoms with Crippen LogP contribution in [0.5, 0.6) is 0 Å². The predicted molar refractivity (Wildman–Crippen MR) is 78.6 cm³/mol. The van der Waals surface area contributed by atoms with Crippen molar-refractivity contribution in [1.82, 2.24) is 4.90 Å². The third kappa shape index (κ3) is 5.69. The Morgan fingerprint density at radius 1 is 1.26 bits per heavy atom. The van der Waals surface area contributed by atoms with Crippen LogP contribution >= 0.6 is 0 Å². The summed E-state index contributed by atoms with van der Waals surface area (Å²) >= 11 is 0. The zero-order valence-corrected chi connectivity index (χ0v) is 11.9. The highest BCUT2D eigenvalue weighted by atomic mass is 16.3. The van der Waals surface area contributed by atoms with Crippen LogP contribution in [0.4, 0.5) is 0 Å². The average molecular weight is 258 g/mol. The monoisotopic (exact) mass is 258 g/mol. The van der Waals surface area contributed by atoms with Gasteiger partial charge >= 0.3 is 0 Å². The maximum absolute atomic E-state index is 9.45. The number of hydrogen-bond donors (Lipinski definition) is 1. The summed E-state index contributed by atoms with van der Waals surface area (Å²) < 4.78 is 0. The number of hydrogen-bond acceptors (Lipinski definition) is 3. The van der Waals surface area contributed by atoms with Crippen LogP contribution < -0.4 is 0 Å². The van der Waals surface area contributed by atoms with Gasteiger partial charge in [0.05, 0.1) is 17.7 Å². The second kappa shape index (κ2) is 7.73. The van der Waals surface area contributed by atoms with Gasteiger partial charge in [-0.15, -0.1) is 0 Å². The second-order valence-electron chi connectivity index (χ2n) is 5.03. The van der Waals surface area contributed by atoms with Crippen molar-refractivity contribution in [1.29, 1.82) is 5.26 Å². The highest BCUT2D eigenvalue weighted by Crippen LogP contribution is 2.06. The summed E-state index contributed by atoms with van der Waals surface area (Å²) in [6.07, 6.45) is 3.81. The van der Waals surface area contributed by atoms with Crippen LogP contribution in [-0.4, -0.2) is 35.2 Å². The predicted octanol–water partition coefficient (Wildman–Crippen LogP) is 2.66. The quantitative estimate of drug-likeness (QED) is 0.853. The minimum absolute atomic E-state index is 0.314. The molecule has 1 N–H and O–H groups in total. The first-order valence-electron chi connectivity index (χ1n) is 6.61. The van der Waals surface area contributed by atoms with E-state index in [0.29, 0.717) is 18.2 Å². The summed E-state index contributed by atoms with van der Waals surface area (Å²) in [7, 11) is 0. The summed E-state index contributed by atoms with van der Waals surface area (Å²) in [4.78, 5) is 2.21. The smallest absolute Gasteiger partial charge is 0.0991 e. The molecule has 0 aromatic heterocycles. The third-order valence-corrected chi connectivity index (χ3v) is 2.92. The molecule has 0 saturated heterocycles. The topological polar surface area (TPSA) is 47.3 Å². The average Bonchev–Trinajstić information content (AvgIpc) is 2.37. The zero-order chi connectivity index (χ0) is 14.3. The lowest BCUT2D eigenvalue weighted by molar-refractivity contribution is 0.116. The van der Waals surface area contributed by atoms with Gasteiger partial charge in [0.2, 0.25) is 0 Å². The molecule has 3 heteroatoms. The van der Waals surface area contributed by atoms with E-state index in [9.17, 15) is 5.11 Å². The van der Waals surface area contributed by atoms with E-state index >= 15 is 0 Å². The van der Waals surface area contributed by atoms with Crippen LogP contribution in [0, 0.1) is 11.3 Å². The van der Waals surface area contributed by atoms with Gasteiger partial charge in [0.25, 0.3) is 0 Å². The Morgan fingerprint density at radius 3 is 2.37 bits per heavy atom. The summed E-state index contributed by atoms with van der Waals surface area (Å²) in [5, 5.41) is 18.2. The first-order chi connectivity index (χ1) is 9.02. The highest BCUT2D eigenvalue weighted by molar-refractivity contribution is 5.51. The van der Waals surface area contributed by atoms with E-state index in [0.717, 1.165) is 12.1 Å². The molecule has 0 amide bonds. The summed E-state index contributed by atoms with van der Waals surface area (Å²) in [5.74, 6) is 0. The normalized spacial score (nSPS) is 13.1. The fourth-order valence-corrected chi connectivity index (χ4v) is 1.83. The first kappa shape index (κ1) is 15.4. The van der Waals surface area contributed by atoms with Gasteiger partial charge in [-0.1, -0.05) is 24.3 Å². The fraction of sp³-hybridized carbons (Fsp3) is 0.438. The van der Waals surface area contributed by atoms with Gasteiger partial charge in [0, 0.05) is 19.1 Å². The van der Waals surface area contributed by atoms with Gasteiger partial charge in [-0.25, -0.2) is 0 Å². The minimum atomic E-state index is -0.314. The molecule has 0 radical (unpaired) electrons. The molecule has 3 nitrogen and oxygen atoms in total. The van der Waals surface area contributed by atoms with E-state index in [1.807, 2.05) is 30.3 Å². The second-order valence-corrected chi connectivity index (χ2v) is 5.03. The Labute approximate surface area is 115 Å². The van der Waals surface area contributed by atoms with Crippen molar-refractivity contribution in [2.45, 2.75) is 32.9 Å². The molecule has 102 valence electrons. The Bertz CT molecular complexity index is 441. The van der Waals surface area contributed by atoms with E-state index in [1.54, 1.807) is 6.92 Å². The molecule has 1 aromatic rings. The van der Waals surface area contributed by atoms with E-state index in [4.69, 9.17) is 5.26 Å². The van der Waals surface area contributed by atoms with E-state index in [2.05, 4.69) is 30.9 Å². The van der Waals surface area contributed by atoms with Crippen LogP contribution in [0.15, 0.2) is 30.3 Å². The van der Waals surface area contributed by atoms with Gasteiger partial charge in [-0.05, 0) is 38.5 Å². The van der Waals surface area contributed by atoms with Gasteiger partial charge in [0.1, 0.15) is 0 Å². The molecule has 0 spiro atoms. The first-order valence-corrected chi connectivity index (χ1v) is 6.61. The number of nitriles is 1. The summed E-state index contributed by atoms with van der Waals surface area (Å²) in [5.41, 5.74) is 1.76. The molecule has 1 aromatic carbocycles. The Kier molecular flexibility index (Phi) is 6.27. The zero-order valence-electron chi connectivity index (χ0n) is 11.9. The molecule has 0 saturated carbocycles. The van der Waals surface area contributed by atoms with Crippen molar-refractivity contribution in [3.63, 3.8) is 0 Å². The lowest BCUT2D eigenvalue weighted by Gasteiger charge is -2.26. The number of aliphatic hydroxyl groups excluding tert-OH is 1. The van der Waals surface area contributed by atoms with Crippen molar-refractivity contribution in [3.8, 4) is 6.07 Å². The standard InChI is InChI=1S/C16H22N2O/c1-13(2)18(12-14(3)19)10-4-5-15-6-8-16(11-17)9-7-15/h4-9,13-14,19H,10,12H2,1-3H3/b5-4+. The number of nitrogens with zero attached hydrogens (tertiary/aromatic N) is 2. The molecular weight excluding hydrogens is 236 g/mol. The SMILES string of the molecule is CC(O)CN(C/C=C/c1ccc(C#N)cc1)C(C)C. The molecule has 1 atom stereocenters. The molecular formula is C16H22N2O. The van der Waals surface area contributed by atoms with Crippen LogP contribution in [0.2, 0.25) is 0 Å². The number of rotatable bonds is 6. The lowest BCUT2D eigenvalue weighted by atomic mass is 10.1. The Balaban J connectivity index is 2.57. The van der Waals surface area contributed by atoms with Gasteiger partial charge < -0.3 is 5.11 Å². The maximum Gasteiger partial charge on any atom is 0.0991 e. The lowest BCUT2D eigenvalue weighted by Crippen LogP contribution is -2.36. The molecule has 0 fully saturated rings. The summed E-state index contributed by atoms with van der Waals surface area (Å²) in [6.45, 7) is 7.54. The molecule has 1 unspecified atom stereocenters. The van der Waals surface area contributed by atoms with Crippen LogP contribution in [-0.2, 0) is 0 Å². The van der Waals surface area contributed by atoms with Crippen molar-refractivity contribution in [2.75, 3.05) is 13.1 Å². The largest absolute Gasteiger partial charge is 0.392 e. The van der Waals surface area contributed by atoms with Gasteiger partial charge in [-0.3, -0.25) is 4.90 Å². The molecule has 0 aliphatic carbocycles. The minimum Gasteiger partial charge on any atom is -0.392 e. The van der Waals surface area contributed by atoms with Gasteiger partial charge in [0.15, 0.2) is 0 Å².